The highest BCUT2D eigenvalue weighted by Crippen LogP contribution is 2.50. The molecule has 0 atom stereocenters. The lowest BCUT2D eigenvalue weighted by atomic mass is 10.3. The average molecular weight is 398 g/mol. The number of aromatic nitrogens is 2. The maximum atomic E-state index is 12.3. The highest BCUT2D eigenvalue weighted by molar-refractivity contribution is 8.24. The van der Waals surface area contributed by atoms with Crippen molar-refractivity contribution >= 4 is 41.1 Å². The Morgan fingerprint density at radius 3 is 2.00 bits per heavy atom. The summed E-state index contributed by atoms with van der Waals surface area (Å²) in [6.45, 7) is 0. The molecule has 0 amide bonds. The number of halogens is 1. The largest absolute Gasteiger partial charge is 0.422 e. The molecule has 1 aromatic carbocycles. The summed E-state index contributed by atoms with van der Waals surface area (Å²) < 4.78 is 5.49. The summed E-state index contributed by atoms with van der Waals surface area (Å²) >= 11 is 7.82. The van der Waals surface area contributed by atoms with Gasteiger partial charge < -0.3 is 4.74 Å². The van der Waals surface area contributed by atoms with Crippen LogP contribution in [0.2, 0.25) is 5.02 Å². The molecule has 0 saturated heterocycles. The minimum Gasteiger partial charge on any atom is -0.422 e. The lowest BCUT2D eigenvalue weighted by molar-refractivity contribution is -0.129. The van der Waals surface area contributed by atoms with Gasteiger partial charge in [-0.15, -0.1) is 0 Å². The molecule has 0 spiro atoms. The summed E-state index contributed by atoms with van der Waals surface area (Å²) in [6.07, 6.45) is 0. The number of fused-ring (bicyclic) bond motifs is 1. The molecule has 2 heterocycles. The predicted molar refractivity (Wildman–Crippen MR) is 92.9 cm³/mol. The maximum absolute atomic E-state index is 12.3. The number of carbonyl (C=O) groups is 1. The SMILES string of the molecule is N#CC(C(=O)Oc1ccc(Cl)cc1)=C1Sc2nc(C#N)c(C#N)nc2S1. The van der Waals surface area contributed by atoms with E-state index in [1.54, 1.807) is 24.3 Å². The van der Waals surface area contributed by atoms with Gasteiger partial charge in [0, 0.05) is 5.02 Å². The Morgan fingerprint density at radius 1 is 1.00 bits per heavy atom. The van der Waals surface area contributed by atoms with Gasteiger partial charge in [-0.3, -0.25) is 0 Å². The molecule has 7 nitrogen and oxygen atoms in total. The van der Waals surface area contributed by atoms with Crippen molar-refractivity contribution in [1.29, 1.82) is 15.8 Å². The topological polar surface area (TPSA) is 123 Å². The minimum absolute atomic E-state index is 0.108. The van der Waals surface area contributed by atoms with Crippen LogP contribution in [0.25, 0.3) is 0 Å². The number of nitrogens with zero attached hydrogens (tertiary/aromatic N) is 5. The number of ether oxygens (including phenoxy) is 1. The van der Waals surface area contributed by atoms with E-state index >= 15 is 0 Å². The standard InChI is InChI=1S/C16H4ClN5O2S2/c17-8-1-3-9(4-2-8)24-15(23)10(5-18)16-25-13-14(26-16)22-12(7-20)11(6-19)21-13/h1-4H. The van der Waals surface area contributed by atoms with E-state index in [4.69, 9.17) is 26.9 Å². The van der Waals surface area contributed by atoms with Crippen LogP contribution in [-0.4, -0.2) is 15.9 Å². The summed E-state index contributed by atoms with van der Waals surface area (Å²) in [5.41, 5.74) is -0.433. The van der Waals surface area contributed by atoms with Crippen molar-refractivity contribution in [3.63, 3.8) is 0 Å². The molecule has 10 heteroatoms. The molecule has 1 aliphatic heterocycles. The van der Waals surface area contributed by atoms with Crippen LogP contribution in [0.1, 0.15) is 11.4 Å². The van der Waals surface area contributed by atoms with E-state index in [-0.39, 0.29) is 22.7 Å². The molecule has 2 aromatic rings. The Labute approximate surface area is 160 Å². The summed E-state index contributed by atoms with van der Waals surface area (Å²) in [7, 11) is 0. The predicted octanol–water partition coefficient (Wildman–Crippen LogP) is 3.41. The van der Waals surface area contributed by atoms with Crippen molar-refractivity contribution in [2.45, 2.75) is 10.1 Å². The highest BCUT2D eigenvalue weighted by atomic mass is 35.5. The fourth-order valence-electron chi connectivity index (χ4n) is 1.83. The van der Waals surface area contributed by atoms with Crippen LogP contribution in [0.4, 0.5) is 0 Å². The van der Waals surface area contributed by atoms with Crippen LogP contribution in [0.3, 0.4) is 0 Å². The second-order valence-corrected chi connectivity index (χ2v) is 7.27. The van der Waals surface area contributed by atoms with Gasteiger partial charge in [-0.05, 0) is 24.3 Å². The second-order valence-electron chi connectivity index (χ2n) is 4.58. The highest BCUT2D eigenvalue weighted by Gasteiger charge is 2.29. The van der Waals surface area contributed by atoms with Gasteiger partial charge in [-0.25, -0.2) is 14.8 Å². The third-order valence-corrected chi connectivity index (χ3v) is 5.58. The van der Waals surface area contributed by atoms with Crippen molar-refractivity contribution in [3.05, 3.63) is 50.5 Å². The minimum atomic E-state index is -0.835. The second kappa shape index (κ2) is 7.47. The summed E-state index contributed by atoms with van der Waals surface area (Å²) in [6, 6.07) is 11.5. The van der Waals surface area contributed by atoms with E-state index in [1.807, 2.05) is 6.07 Å². The van der Waals surface area contributed by atoms with Gasteiger partial charge in [0.05, 0.1) is 4.24 Å². The van der Waals surface area contributed by atoms with Gasteiger partial charge in [0.2, 0.25) is 0 Å². The Bertz CT molecular complexity index is 1030. The molecule has 0 saturated carbocycles. The molecule has 124 valence electrons. The van der Waals surface area contributed by atoms with E-state index < -0.39 is 5.97 Å². The molecular weight excluding hydrogens is 394 g/mol. The molecule has 1 aromatic heterocycles. The molecule has 26 heavy (non-hydrogen) atoms. The smallest absolute Gasteiger partial charge is 0.356 e. The lowest BCUT2D eigenvalue weighted by Gasteiger charge is -2.04. The zero-order valence-electron chi connectivity index (χ0n) is 12.6. The van der Waals surface area contributed by atoms with E-state index in [0.717, 1.165) is 23.5 Å². The number of nitriles is 3. The number of esters is 1. The van der Waals surface area contributed by atoms with Crippen LogP contribution < -0.4 is 4.74 Å². The number of thioether (sulfide) groups is 2. The van der Waals surface area contributed by atoms with Gasteiger partial charge in [-0.2, -0.15) is 15.8 Å². The van der Waals surface area contributed by atoms with E-state index in [0.29, 0.717) is 19.3 Å². The molecule has 0 N–H and O–H groups in total. The third kappa shape index (κ3) is 3.49. The Hall–Kier alpha value is -3.03. The Kier molecular flexibility index (Phi) is 5.11. The summed E-state index contributed by atoms with van der Waals surface area (Å²) in [4.78, 5) is 20.4. The van der Waals surface area contributed by atoms with Gasteiger partial charge in [-0.1, -0.05) is 35.1 Å². The van der Waals surface area contributed by atoms with Crippen LogP contribution in [0.15, 0.2) is 44.1 Å². The third-order valence-electron chi connectivity index (χ3n) is 2.97. The number of hydrogen-bond acceptors (Lipinski definition) is 9. The van der Waals surface area contributed by atoms with Crippen molar-refractivity contribution in [2.75, 3.05) is 0 Å². The molecule has 0 bridgehead atoms. The zero-order valence-corrected chi connectivity index (χ0v) is 14.9. The van der Waals surface area contributed by atoms with E-state index in [1.165, 1.54) is 12.1 Å². The van der Waals surface area contributed by atoms with Crippen molar-refractivity contribution in [1.82, 2.24) is 9.97 Å². The molecule has 0 fully saturated rings. The van der Waals surface area contributed by atoms with Crippen LogP contribution in [0.5, 0.6) is 5.75 Å². The van der Waals surface area contributed by atoms with Gasteiger partial charge in [0.1, 0.15) is 34.0 Å². The monoisotopic (exact) mass is 397 g/mol. The maximum Gasteiger partial charge on any atom is 0.356 e. The van der Waals surface area contributed by atoms with Gasteiger partial charge >= 0.3 is 5.97 Å². The number of hydrogen-bond donors (Lipinski definition) is 0. The normalized spacial score (nSPS) is 11.7. The first-order valence-corrected chi connectivity index (χ1v) is 8.77. The first kappa shape index (κ1) is 17.8. The summed E-state index contributed by atoms with van der Waals surface area (Å²) in [5.74, 6) is -0.591. The number of benzene rings is 1. The Morgan fingerprint density at radius 2 is 1.54 bits per heavy atom. The molecule has 3 rings (SSSR count). The fraction of sp³-hybridized carbons (Fsp3) is 0. The Balaban J connectivity index is 1.90. The molecule has 1 aliphatic rings. The van der Waals surface area contributed by atoms with E-state index in [9.17, 15) is 10.1 Å². The molecule has 0 unspecified atom stereocenters. The van der Waals surface area contributed by atoms with Crippen molar-refractivity contribution < 1.29 is 9.53 Å². The fourth-order valence-corrected chi connectivity index (χ4v) is 4.20. The van der Waals surface area contributed by atoms with Gasteiger partial charge in [0.15, 0.2) is 17.0 Å². The van der Waals surface area contributed by atoms with E-state index in [2.05, 4.69) is 9.97 Å². The van der Waals surface area contributed by atoms with Crippen LogP contribution in [0, 0.1) is 34.0 Å². The first-order valence-electron chi connectivity index (χ1n) is 6.75. The van der Waals surface area contributed by atoms with Crippen LogP contribution >= 0.6 is 35.1 Å². The zero-order chi connectivity index (χ0) is 18.7. The number of rotatable bonds is 2. The molecular formula is C16H4ClN5O2S2. The van der Waals surface area contributed by atoms with Crippen molar-refractivity contribution in [3.8, 4) is 24.0 Å². The molecule has 0 aliphatic carbocycles. The van der Waals surface area contributed by atoms with Gasteiger partial charge in [0.25, 0.3) is 0 Å². The first-order chi connectivity index (χ1) is 12.5. The van der Waals surface area contributed by atoms with Crippen LogP contribution in [-0.2, 0) is 4.79 Å². The average Bonchev–Trinajstić information content (AvgIpc) is 3.05. The summed E-state index contributed by atoms with van der Waals surface area (Å²) in [5, 5.41) is 28.6. The quantitative estimate of drug-likeness (QED) is 0.324. The number of carbonyl (C=O) groups excluding carboxylic acids is 1. The molecule has 0 radical (unpaired) electrons. The lowest BCUT2D eigenvalue weighted by Crippen LogP contribution is -2.11. The van der Waals surface area contributed by atoms with Crippen molar-refractivity contribution in [2.24, 2.45) is 0 Å².